The third-order valence-corrected chi connectivity index (χ3v) is 5.39. The van der Waals surface area contributed by atoms with E-state index in [-0.39, 0.29) is 11.6 Å². The number of carbonyl (C=O) groups excluding carboxylic acids is 1. The van der Waals surface area contributed by atoms with Crippen molar-refractivity contribution in [1.29, 1.82) is 0 Å². The van der Waals surface area contributed by atoms with Gasteiger partial charge in [0.1, 0.15) is 5.75 Å². The predicted octanol–water partition coefficient (Wildman–Crippen LogP) is 2.85. The van der Waals surface area contributed by atoms with E-state index in [1.807, 2.05) is 18.2 Å². The molecule has 8 heteroatoms. The number of nitrogens with zero attached hydrogens (tertiary/aromatic N) is 3. The van der Waals surface area contributed by atoms with Crippen molar-refractivity contribution in [2.75, 3.05) is 51.3 Å². The Morgan fingerprint density at radius 1 is 1.17 bits per heavy atom. The normalized spacial score (nSPS) is 14.4. The summed E-state index contributed by atoms with van der Waals surface area (Å²) in [4.78, 5) is 27.5. The largest absolute Gasteiger partial charge is 0.495 e. The number of amides is 1. The first-order valence-corrected chi connectivity index (χ1v) is 10.1. The Bertz CT molecular complexity index is 894. The Morgan fingerprint density at radius 3 is 2.57 bits per heavy atom. The molecule has 0 atom stereocenters. The number of anilines is 1. The quantitative estimate of drug-likeness (QED) is 0.408. The van der Waals surface area contributed by atoms with Crippen LogP contribution >= 0.6 is 0 Å². The van der Waals surface area contributed by atoms with Crippen molar-refractivity contribution in [3.05, 3.63) is 63.7 Å². The molecule has 1 aliphatic heterocycles. The molecule has 8 nitrogen and oxygen atoms in total. The first-order chi connectivity index (χ1) is 14.5. The summed E-state index contributed by atoms with van der Waals surface area (Å²) in [5.41, 5.74) is 2.09. The second-order valence-electron chi connectivity index (χ2n) is 7.37. The minimum Gasteiger partial charge on any atom is -0.495 e. The SMILES string of the molecule is COc1ccccc1N1CCN(CCCNC(=O)c2ccc([N+](=O)[O-])c(C)c2)CC1. The molecule has 0 aliphatic carbocycles. The second kappa shape index (κ2) is 10.1. The molecule has 0 radical (unpaired) electrons. The summed E-state index contributed by atoms with van der Waals surface area (Å²) in [6.45, 7) is 6.94. The molecule has 1 N–H and O–H groups in total. The number of rotatable bonds is 8. The van der Waals surface area contributed by atoms with Gasteiger partial charge in [-0.15, -0.1) is 0 Å². The standard InChI is InChI=1S/C22H28N4O4/c1-17-16-18(8-9-19(17)26(28)29)22(27)23-10-5-11-24-12-14-25(15-13-24)20-6-3-4-7-21(20)30-2/h3-4,6-9,16H,5,10-15H2,1-2H3,(H,23,27). The summed E-state index contributed by atoms with van der Waals surface area (Å²) < 4.78 is 5.46. The smallest absolute Gasteiger partial charge is 0.272 e. The van der Waals surface area contributed by atoms with Gasteiger partial charge in [-0.2, -0.15) is 0 Å². The van der Waals surface area contributed by atoms with Gasteiger partial charge in [0.2, 0.25) is 0 Å². The molecule has 0 spiro atoms. The molecule has 160 valence electrons. The predicted molar refractivity (Wildman–Crippen MR) is 116 cm³/mol. The van der Waals surface area contributed by atoms with Gasteiger partial charge >= 0.3 is 0 Å². The van der Waals surface area contributed by atoms with Gasteiger partial charge in [0.25, 0.3) is 11.6 Å². The molecule has 0 bridgehead atoms. The molecule has 1 saturated heterocycles. The number of aryl methyl sites for hydroxylation is 1. The summed E-state index contributed by atoms with van der Waals surface area (Å²) in [5.74, 6) is 0.698. The van der Waals surface area contributed by atoms with Gasteiger partial charge in [-0.3, -0.25) is 19.8 Å². The Hall–Kier alpha value is -3.13. The van der Waals surface area contributed by atoms with Gasteiger partial charge in [0.05, 0.1) is 17.7 Å². The van der Waals surface area contributed by atoms with Gasteiger partial charge in [-0.25, -0.2) is 0 Å². The van der Waals surface area contributed by atoms with Crippen molar-refractivity contribution < 1.29 is 14.5 Å². The fourth-order valence-corrected chi connectivity index (χ4v) is 3.71. The molecule has 2 aromatic rings. The van der Waals surface area contributed by atoms with E-state index in [0.29, 0.717) is 17.7 Å². The lowest BCUT2D eigenvalue weighted by molar-refractivity contribution is -0.385. The minimum absolute atomic E-state index is 0.0267. The van der Waals surface area contributed by atoms with E-state index in [2.05, 4.69) is 21.2 Å². The molecule has 0 saturated carbocycles. The van der Waals surface area contributed by atoms with Crippen LogP contribution in [0.25, 0.3) is 0 Å². The average molecular weight is 412 g/mol. The molecule has 2 aromatic carbocycles. The van der Waals surface area contributed by atoms with Gasteiger partial charge in [0.15, 0.2) is 0 Å². The zero-order valence-electron chi connectivity index (χ0n) is 17.5. The Kier molecular flexibility index (Phi) is 7.24. The van der Waals surface area contributed by atoms with Crippen molar-refractivity contribution >= 4 is 17.3 Å². The second-order valence-corrected chi connectivity index (χ2v) is 7.37. The maximum Gasteiger partial charge on any atom is 0.272 e. The number of carbonyl (C=O) groups is 1. The van der Waals surface area contributed by atoms with Crippen molar-refractivity contribution in [3.8, 4) is 5.75 Å². The number of methoxy groups -OCH3 is 1. The lowest BCUT2D eigenvalue weighted by Gasteiger charge is -2.36. The molecule has 3 rings (SSSR count). The van der Waals surface area contributed by atoms with Crippen LogP contribution in [-0.4, -0.2) is 62.1 Å². The summed E-state index contributed by atoms with van der Waals surface area (Å²) >= 11 is 0. The van der Waals surface area contributed by atoms with Crippen LogP contribution in [0.2, 0.25) is 0 Å². The highest BCUT2D eigenvalue weighted by atomic mass is 16.6. The molecule has 0 unspecified atom stereocenters. The van der Waals surface area contributed by atoms with Crippen LogP contribution in [0, 0.1) is 17.0 Å². The van der Waals surface area contributed by atoms with Crippen LogP contribution in [0.5, 0.6) is 5.75 Å². The summed E-state index contributed by atoms with van der Waals surface area (Å²) in [6, 6.07) is 12.5. The number of benzene rings is 2. The zero-order chi connectivity index (χ0) is 21.5. The molecule has 0 aromatic heterocycles. The van der Waals surface area contributed by atoms with E-state index >= 15 is 0 Å². The van der Waals surface area contributed by atoms with Crippen LogP contribution in [-0.2, 0) is 0 Å². The van der Waals surface area contributed by atoms with Gasteiger partial charge in [-0.05, 0) is 44.2 Å². The van der Waals surface area contributed by atoms with Crippen LogP contribution in [0.4, 0.5) is 11.4 Å². The fraction of sp³-hybridized carbons (Fsp3) is 0.409. The number of hydrogen-bond acceptors (Lipinski definition) is 6. The maximum absolute atomic E-state index is 12.3. The van der Waals surface area contributed by atoms with E-state index in [1.165, 1.54) is 12.1 Å². The minimum atomic E-state index is -0.440. The van der Waals surface area contributed by atoms with Crippen LogP contribution in [0.15, 0.2) is 42.5 Å². The number of piperazine rings is 1. The fourth-order valence-electron chi connectivity index (χ4n) is 3.71. The Balaban J connectivity index is 1.40. The molecular weight excluding hydrogens is 384 g/mol. The van der Waals surface area contributed by atoms with Gasteiger partial charge in [0, 0.05) is 49.9 Å². The van der Waals surface area contributed by atoms with Crippen molar-refractivity contribution in [2.24, 2.45) is 0 Å². The zero-order valence-corrected chi connectivity index (χ0v) is 17.5. The van der Waals surface area contributed by atoms with E-state index in [1.54, 1.807) is 20.1 Å². The van der Waals surface area contributed by atoms with E-state index in [4.69, 9.17) is 4.74 Å². The summed E-state index contributed by atoms with van der Waals surface area (Å²) in [6.07, 6.45) is 0.854. The van der Waals surface area contributed by atoms with Crippen molar-refractivity contribution in [2.45, 2.75) is 13.3 Å². The van der Waals surface area contributed by atoms with Gasteiger partial charge in [-0.1, -0.05) is 12.1 Å². The number of hydrogen-bond donors (Lipinski definition) is 1. The summed E-state index contributed by atoms with van der Waals surface area (Å²) in [7, 11) is 1.70. The van der Waals surface area contributed by atoms with E-state index in [0.717, 1.165) is 50.6 Å². The monoisotopic (exact) mass is 412 g/mol. The third kappa shape index (κ3) is 5.27. The molecule has 1 amide bonds. The Labute approximate surface area is 176 Å². The molecule has 1 heterocycles. The van der Waals surface area contributed by atoms with E-state index < -0.39 is 4.92 Å². The van der Waals surface area contributed by atoms with Gasteiger partial charge < -0.3 is 15.0 Å². The summed E-state index contributed by atoms with van der Waals surface area (Å²) in [5, 5.41) is 13.8. The molecule has 30 heavy (non-hydrogen) atoms. The molecular formula is C22H28N4O4. The van der Waals surface area contributed by atoms with Crippen molar-refractivity contribution in [1.82, 2.24) is 10.2 Å². The first-order valence-electron chi connectivity index (χ1n) is 10.1. The number of nitrogens with one attached hydrogen (secondary N) is 1. The number of ether oxygens (including phenoxy) is 1. The van der Waals surface area contributed by atoms with E-state index in [9.17, 15) is 14.9 Å². The number of nitro groups is 1. The number of nitro benzene ring substituents is 1. The van der Waals surface area contributed by atoms with Crippen LogP contribution < -0.4 is 15.0 Å². The average Bonchev–Trinajstić information content (AvgIpc) is 2.76. The lowest BCUT2D eigenvalue weighted by Crippen LogP contribution is -2.47. The highest BCUT2D eigenvalue weighted by molar-refractivity contribution is 5.94. The number of para-hydroxylation sites is 2. The van der Waals surface area contributed by atoms with Crippen molar-refractivity contribution in [3.63, 3.8) is 0 Å². The lowest BCUT2D eigenvalue weighted by atomic mass is 10.1. The maximum atomic E-state index is 12.3. The highest BCUT2D eigenvalue weighted by Crippen LogP contribution is 2.28. The first kappa shape index (κ1) is 21.6. The van der Waals surface area contributed by atoms with Crippen LogP contribution in [0.3, 0.4) is 0 Å². The van der Waals surface area contributed by atoms with Crippen LogP contribution in [0.1, 0.15) is 22.3 Å². The highest BCUT2D eigenvalue weighted by Gasteiger charge is 2.19. The topological polar surface area (TPSA) is 88.0 Å². The molecule has 1 aliphatic rings. The Morgan fingerprint density at radius 2 is 1.90 bits per heavy atom. The molecule has 1 fully saturated rings. The third-order valence-electron chi connectivity index (χ3n) is 5.39.